The molecule has 2 heterocycles. The zero-order chi connectivity index (χ0) is 18.5. The Bertz CT molecular complexity index is 795. The smallest absolute Gasteiger partial charge is 0.341 e. The van der Waals surface area contributed by atoms with E-state index in [9.17, 15) is 9.59 Å². The summed E-state index contributed by atoms with van der Waals surface area (Å²) >= 11 is 0. The van der Waals surface area contributed by atoms with E-state index in [4.69, 9.17) is 9.84 Å². The zero-order valence-corrected chi connectivity index (χ0v) is 14.5. The first kappa shape index (κ1) is 17.9. The van der Waals surface area contributed by atoms with Crippen LogP contribution < -0.4 is 10.1 Å². The van der Waals surface area contributed by atoms with Crippen molar-refractivity contribution in [3.63, 3.8) is 0 Å². The Morgan fingerprint density at radius 1 is 1.38 bits per heavy atom. The highest BCUT2D eigenvalue weighted by Crippen LogP contribution is 2.27. The number of carbonyl (C=O) groups excluding carboxylic acids is 1. The molecule has 1 unspecified atom stereocenters. The van der Waals surface area contributed by atoms with Gasteiger partial charge in [0.15, 0.2) is 6.61 Å². The SMILES string of the molecule is CC1C(=O)NCCN1Cc1cc(-c2ccccn2)ccc1OCC(=O)O. The maximum Gasteiger partial charge on any atom is 0.341 e. The van der Waals surface area contributed by atoms with Crippen LogP contribution in [0.4, 0.5) is 0 Å². The third-order valence-corrected chi connectivity index (χ3v) is 4.37. The van der Waals surface area contributed by atoms with Gasteiger partial charge in [-0.1, -0.05) is 6.07 Å². The van der Waals surface area contributed by atoms with Crippen LogP contribution in [0, 0.1) is 0 Å². The van der Waals surface area contributed by atoms with Crippen molar-refractivity contribution in [3.05, 3.63) is 48.2 Å². The minimum Gasteiger partial charge on any atom is -0.482 e. The number of aliphatic carboxylic acids is 1. The van der Waals surface area contributed by atoms with Crippen LogP contribution in [0.25, 0.3) is 11.3 Å². The molecule has 7 nitrogen and oxygen atoms in total. The summed E-state index contributed by atoms with van der Waals surface area (Å²) in [4.78, 5) is 29.2. The van der Waals surface area contributed by atoms with Crippen molar-refractivity contribution < 1.29 is 19.4 Å². The molecule has 1 aliphatic heterocycles. The molecule has 26 heavy (non-hydrogen) atoms. The van der Waals surface area contributed by atoms with Gasteiger partial charge in [0.2, 0.25) is 5.91 Å². The van der Waals surface area contributed by atoms with Crippen molar-refractivity contribution in [1.82, 2.24) is 15.2 Å². The number of rotatable bonds is 6. The van der Waals surface area contributed by atoms with Gasteiger partial charge >= 0.3 is 5.97 Å². The summed E-state index contributed by atoms with van der Waals surface area (Å²) in [6, 6.07) is 11.0. The zero-order valence-electron chi connectivity index (χ0n) is 14.5. The molecule has 136 valence electrons. The first-order valence-corrected chi connectivity index (χ1v) is 8.45. The molecule has 1 aromatic heterocycles. The molecule has 0 aliphatic carbocycles. The van der Waals surface area contributed by atoms with E-state index in [1.165, 1.54) is 0 Å². The van der Waals surface area contributed by atoms with Gasteiger partial charge in [-0.05, 0) is 37.3 Å². The molecule has 1 saturated heterocycles. The van der Waals surface area contributed by atoms with E-state index in [2.05, 4.69) is 10.3 Å². The van der Waals surface area contributed by atoms with E-state index in [0.717, 1.165) is 23.4 Å². The average Bonchev–Trinajstić information content (AvgIpc) is 2.65. The molecule has 1 aromatic carbocycles. The Morgan fingerprint density at radius 2 is 2.23 bits per heavy atom. The molecule has 1 aliphatic rings. The normalized spacial score (nSPS) is 17.6. The fraction of sp³-hybridized carbons (Fsp3) is 0.316. The van der Waals surface area contributed by atoms with Crippen LogP contribution in [0.5, 0.6) is 5.75 Å². The molecule has 0 spiro atoms. The highest BCUT2D eigenvalue weighted by atomic mass is 16.5. The van der Waals surface area contributed by atoms with Gasteiger partial charge < -0.3 is 15.2 Å². The summed E-state index contributed by atoms with van der Waals surface area (Å²) in [6.07, 6.45) is 1.72. The van der Waals surface area contributed by atoms with Crippen LogP contribution in [0.15, 0.2) is 42.6 Å². The maximum absolute atomic E-state index is 11.9. The predicted octanol–water partition coefficient (Wildman–Crippen LogP) is 1.53. The van der Waals surface area contributed by atoms with Crippen molar-refractivity contribution in [2.24, 2.45) is 0 Å². The van der Waals surface area contributed by atoms with Crippen molar-refractivity contribution in [2.45, 2.75) is 19.5 Å². The number of carboxylic acid groups (broad SMARTS) is 1. The third kappa shape index (κ3) is 4.18. The number of carbonyl (C=O) groups is 2. The number of hydrogen-bond acceptors (Lipinski definition) is 5. The lowest BCUT2D eigenvalue weighted by Gasteiger charge is -2.33. The second kappa shape index (κ2) is 7.97. The van der Waals surface area contributed by atoms with Gasteiger partial charge in [-0.25, -0.2) is 4.79 Å². The van der Waals surface area contributed by atoms with E-state index in [-0.39, 0.29) is 11.9 Å². The number of piperazine rings is 1. The van der Waals surface area contributed by atoms with E-state index >= 15 is 0 Å². The molecule has 3 rings (SSSR count). The summed E-state index contributed by atoms with van der Waals surface area (Å²) in [6.45, 7) is 3.25. The Hall–Kier alpha value is -2.93. The molecular formula is C19H21N3O4. The molecule has 0 bridgehead atoms. The topological polar surface area (TPSA) is 91.8 Å². The van der Waals surface area contributed by atoms with Crippen LogP contribution in [0.3, 0.4) is 0 Å². The van der Waals surface area contributed by atoms with Crippen LogP contribution in [0.1, 0.15) is 12.5 Å². The minimum absolute atomic E-state index is 0.00913. The number of hydrogen-bond donors (Lipinski definition) is 2. The first-order valence-electron chi connectivity index (χ1n) is 8.45. The Labute approximate surface area is 151 Å². The van der Waals surface area contributed by atoms with E-state index in [1.54, 1.807) is 12.3 Å². The molecular weight excluding hydrogens is 334 g/mol. The van der Waals surface area contributed by atoms with Gasteiger partial charge in [-0.2, -0.15) is 0 Å². The largest absolute Gasteiger partial charge is 0.482 e. The molecule has 2 N–H and O–H groups in total. The van der Waals surface area contributed by atoms with Gasteiger partial charge in [0, 0.05) is 37.0 Å². The number of amides is 1. The van der Waals surface area contributed by atoms with Crippen LogP contribution in [0.2, 0.25) is 0 Å². The van der Waals surface area contributed by atoms with Crippen LogP contribution in [-0.2, 0) is 16.1 Å². The van der Waals surface area contributed by atoms with Gasteiger partial charge in [0.05, 0.1) is 11.7 Å². The summed E-state index contributed by atoms with van der Waals surface area (Å²) in [5, 5.41) is 11.7. The van der Waals surface area contributed by atoms with E-state index in [1.807, 2.05) is 42.2 Å². The Kier molecular flexibility index (Phi) is 5.48. The monoisotopic (exact) mass is 355 g/mol. The molecule has 1 atom stereocenters. The Morgan fingerprint density at radius 3 is 2.96 bits per heavy atom. The lowest BCUT2D eigenvalue weighted by Crippen LogP contribution is -2.53. The molecule has 2 aromatic rings. The van der Waals surface area contributed by atoms with Crippen molar-refractivity contribution in [3.8, 4) is 17.0 Å². The number of pyridine rings is 1. The van der Waals surface area contributed by atoms with E-state index in [0.29, 0.717) is 18.8 Å². The summed E-state index contributed by atoms with van der Waals surface area (Å²) in [5.41, 5.74) is 2.57. The third-order valence-electron chi connectivity index (χ3n) is 4.37. The number of carboxylic acids is 1. The first-order chi connectivity index (χ1) is 12.5. The highest BCUT2D eigenvalue weighted by molar-refractivity contribution is 5.82. The lowest BCUT2D eigenvalue weighted by atomic mass is 10.0. The molecule has 0 saturated carbocycles. The fourth-order valence-electron chi connectivity index (χ4n) is 2.94. The molecule has 1 amide bonds. The van der Waals surface area contributed by atoms with Gasteiger partial charge in [-0.3, -0.25) is 14.7 Å². The van der Waals surface area contributed by atoms with Crippen molar-refractivity contribution >= 4 is 11.9 Å². The lowest BCUT2D eigenvalue weighted by molar-refractivity contribution is -0.139. The molecule has 0 radical (unpaired) electrons. The number of aromatic nitrogens is 1. The van der Waals surface area contributed by atoms with Crippen LogP contribution in [-0.4, -0.2) is 52.6 Å². The van der Waals surface area contributed by atoms with Crippen molar-refractivity contribution in [1.29, 1.82) is 0 Å². The summed E-state index contributed by atoms with van der Waals surface area (Å²) < 4.78 is 5.45. The van der Waals surface area contributed by atoms with Crippen molar-refractivity contribution in [2.75, 3.05) is 19.7 Å². The minimum atomic E-state index is -1.03. The number of benzene rings is 1. The number of nitrogens with one attached hydrogen (secondary N) is 1. The summed E-state index contributed by atoms with van der Waals surface area (Å²) in [5.74, 6) is -0.536. The number of ether oxygens (including phenoxy) is 1. The van der Waals surface area contributed by atoms with Gasteiger partial charge in [0.25, 0.3) is 0 Å². The quantitative estimate of drug-likeness (QED) is 0.817. The second-order valence-corrected chi connectivity index (χ2v) is 6.16. The van der Waals surface area contributed by atoms with Gasteiger partial charge in [0.1, 0.15) is 5.75 Å². The van der Waals surface area contributed by atoms with Crippen LogP contribution >= 0.6 is 0 Å². The van der Waals surface area contributed by atoms with E-state index < -0.39 is 12.6 Å². The predicted molar refractivity (Wildman–Crippen MR) is 95.7 cm³/mol. The average molecular weight is 355 g/mol. The summed E-state index contributed by atoms with van der Waals surface area (Å²) in [7, 11) is 0. The molecule has 7 heteroatoms. The highest BCUT2D eigenvalue weighted by Gasteiger charge is 2.26. The molecule has 1 fully saturated rings. The second-order valence-electron chi connectivity index (χ2n) is 6.16. The maximum atomic E-state index is 11.9. The standard InChI is InChI=1S/C19H21N3O4/c1-13-19(25)21-8-9-22(13)11-15-10-14(16-4-2-3-7-20-16)5-6-17(15)26-12-18(23)24/h2-7,10,13H,8-9,11-12H2,1H3,(H,21,25)(H,23,24). The Balaban J connectivity index is 1.90. The number of nitrogens with zero attached hydrogens (tertiary/aromatic N) is 2. The van der Waals surface area contributed by atoms with Gasteiger partial charge in [-0.15, -0.1) is 0 Å². The fourth-order valence-corrected chi connectivity index (χ4v) is 2.94.